The summed E-state index contributed by atoms with van der Waals surface area (Å²) < 4.78 is 24.6. The van der Waals surface area contributed by atoms with Gasteiger partial charge in [0.15, 0.2) is 0 Å². The number of aliphatic hydroxyl groups excluding tert-OH is 2. The Hall–Kier alpha value is 0.950. The fraction of sp³-hybridized carbons (Fsp3) is 1.00. The minimum atomic E-state index is -4.78. The van der Waals surface area contributed by atoms with E-state index in [1.807, 2.05) is 0 Å². The van der Waals surface area contributed by atoms with Crippen LogP contribution in [-0.4, -0.2) is 51.5 Å². The van der Waals surface area contributed by atoms with Crippen LogP contribution in [0.1, 0.15) is 0 Å². The maximum absolute atomic E-state index is 10.5. The molecule has 1 saturated heterocycles. The number of aliphatic hydroxyl groups is 2. The molecule has 4 N–H and O–H groups in total. The first-order chi connectivity index (χ1) is 7.61. The predicted octanol–water partition coefficient (Wildman–Crippen LogP) is -0.613. The molecule has 0 aromatic rings. The van der Waals surface area contributed by atoms with Gasteiger partial charge in [0.25, 0.3) is 5.69 Å². The zero-order chi connectivity index (χ0) is 13.3. The van der Waals surface area contributed by atoms with Gasteiger partial charge in [-0.05, 0) is 11.8 Å². The fourth-order valence-corrected chi connectivity index (χ4v) is 4.76. The molecule has 1 aliphatic heterocycles. The van der Waals surface area contributed by atoms with Crippen molar-refractivity contribution in [1.82, 2.24) is 0 Å². The molecule has 0 saturated carbocycles. The highest BCUT2D eigenvalue weighted by atomic mass is 32.9. The molecule has 1 fully saturated rings. The summed E-state index contributed by atoms with van der Waals surface area (Å²) in [7, 11) is -4.78. The van der Waals surface area contributed by atoms with Gasteiger partial charge in [-0.2, -0.15) is 0 Å². The summed E-state index contributed by atoms with van der Waals surface area (Å²) in [5.41, 5.74) is -3.42. The first-order valence-corrected chi connectivity index (χ1v) is 9.65. The normalized spacial score (nSPS) is 33.6. The fourth-order valence-electron chi connectivity index (χ4n) is 1.14. The Kier molecular flexibility index (Phi) is 5.59. The lowest BCUT2D eigenvalue weighted by Crippen LogP contribution is -2.32. The molecule has 1 heterocycles. The van der Waals surface area contributed by atoms with E-state index in [1.165, 1.54) is 0 Å². The zero-order valence-corrected chi connectivity index (χ0v) is 11.8. The van der Waals surface area contributed by atoms with Crippen molar-refractivity contribution in [2.75, 3.05) is 13.2 Å². The molecule has 1 aliphatic rings. The van der Waals surface area contributed by atoms with Gasteiger partial charge in [-0.25, -0.2) is 8.88 Å². The van der Waals surface area contributed by atoms with Gasteiger partial charge in [0.05, 0.1) is 13.2 Å². The van der Waals surface area contributed by atoms with Gasteiger partial charge in [-0.15, -0.1) is 0 Å². The molecule has 12 heteroatoms. The van der Waals surface area contributed by atoms with E-state index in [-0.39, 0.29) is 13.2 Å². The van der Waals surface area contributed by atoms with Crippen molar-refractivity contribution < 1.29 is 38.1 Å². The minimum absolute atomic E-state index is 0.0516. The first kappa shape index (κ1) is 16.0. The van der Waals surface area contributed by atoms with Crippen molar-refractivity contribution in [3.63, 3.8) is 0 Å². The number of phosphoric acid groups is 1. The van der Waals surface area contributed by atoms with Crippen LogP contribution < -0.4 is 0 Å². The Morgan fingerprint density at radius 1 is 1.47 bits per heavy atom. The monoisotopic (exact) mass is 326 g/mol. The molecule has 0 amide bonds. The number of hydrogen-bond donors (Lipinski definition) is 5. The van der Waals surface area contributed by atoms with Gasteiger partial charge in [-0.3, -0.25) is 0 Å². The summed E-state index contributed by atoms with van der Waals surface area (Å²) in [6.07, 6.45) is -3.00. The topological polar surface area (TPSA) is 126 Å². The number of thiol groups is 1. The van der Waals surface area contributed by atoms with Crippen LogP contribution in [0.2, 0.25) is 0 Å². The van der Waals surface area contributed by atoms with Crippen LogP contribution in [0.25, 0.3) is 0 Å². The van der Waals surface area contributed by atoms with E-state index in [9.17, 15) is 9.67 Å². The van der Waals surface area contributed by atoms with Gasteiger partial charge in [0, 0.05) is 0 Å². The lowest BCUT2D eigenvalue weighted by molar-refractivity contribution is 0.000888. The smallest absolute Gasteiger partial charge is 0.388 e. The molecular formula is C5H12O8P2S2. The Labute approximate surface area is 107 Å². The molecule has 8 nitrogen and oxygen atoms in total. The van der Waals surface area contributed by atoms with Crippen LogP contribution in [0.3, 0.4) is 0 Å². The van der Waals surface area contributed by atoms with Crippen molar-refractivity contribution in [2.45, 2.75) is 18.3 Å². The van der Waals surface area contributed by atoms with Gasteiger partial charge >= 0.3 is 7.82 Å². The lowest BCUT2D eigenvalue weighted by Gasteiger charge is -2.20. The molecule has 0 radical (unpaired) electrons. The average Bonchev–Trinajstić information content (AvgIpc) is 2.41. The highest BCUT2D eigenvalue weighted by Gasteiger charge is 2.36. The first-order valence-electron chi connectivity index (χ1n) is 4.33. The molecule has 1 rings (SSSR count). The van der Waals surface area contributed by atoms with Gasteiger partial charge in [0.1, 0.15) is 18.3 Å². The summed E-state index contributed by atoms with van der Waals surface area (Å²) in [4.78, 5) is 17.1. The largest absolute Gasteiger partial charge is 0.475 e. The van der Waals surface area contributed by atoms with Crippen molar-refractivity contribution in [3.8, 4) is 0 Å². The van der Waals surface area contributed by atoms with E-state index in [2.05, 4.69) is 28.4 Å². The molecule has 17 heavy (non-hydrogen) atoms. The summed E-state index contributed by atoms with van der Waals surface area (Å²) in [5, 5.41) is 18.6. The van der Waals surface area contributed by atoms with E-state index in [4.69, 9.17) is 24.2 Å². The summed E-state index contributed by atoms with van der Waals surface area (Å²) >= 11 is 8.33. The Balaban J connectivity index is 2.45. The molecular weight excluding hydrogens is 314 g/mol. The van der Waals surface area contributed by atoms with Crippen LogP contribution in [0.5, 0.6) is 0 Å². The average molecular weight is 326 g/mol. The van der Waals surface area contributed by atoms with E-state index >= 15 is 0 Å². The van der Waals surface area contributed by atoms with Crippen LogP contribution in [0.4, 0.5) is 0 Å². The lowest BCUT2D eigenvalue weighted by atomic mass is 10.2. The highest BCUT2D eigenvalue weighted by Crippen LogP contribution is 2.63. The summed E-state index contributed by atoms with van der Waals surface area (Å²) in [6.45, 7) is -0.330. The molecule has 4 atom stereocenters. The van der Waals surface area contributed by atoms with Crippen molar-refractivity contribution in [2.24, 2.45) is 0 Å². The number of hydrogen-bond acceptors (Lipinski definition) is 7. The quantitative estimate of drug-likeness (QED) is 0.332. The second-order valence-corrected chi connectivity index (χ2v) is 9.93. The Morgan fingerprint density at radius 3 is 2.47 bits per heavy atom. The van der Waals surface area contributed by atoms with Crippen molar-refractivity contribution >= 4 is 37.6 Å². The van der Waals surface area contributed by atoms with Crippen LogP contribution >= 0.6 is 25.8 Å². The van der Waals surface area contributed by atoms with E-state index in [0.717, 1.165) is 0 Å². The van der Waals surface area contributed by atoms with Crippen LogP contribution in [0.15, 0.2) is 0 Å². The third-order valence-electron chi connectivity index (χ3n) is 1.87. The molecule has 0 bridgehead atoms. The van der Waals surface area contributed by atoms with Crippen LogP contribution in [0, 0.1) is 0 Å². The van der Waals surface area contributed by atoms with Crippen molar-refractivity contribution in [1.29, 1.82) is 0 Å². The maximum Gasteiger partial charge on any atom is 0.475 e. The molecule has 102 valence electrons. The van der Waals surface area contributed by atoms with E-state index < -0.39 is 31.8 Å². The highest BCUT2D eigenvalue weighted by molar-refractivity contribution is 8.60. The van der Waals surface area contributed by atoms with Gasteiger partial charge in [-0.1, -0.05) is 12.2 Å². The molecule has 2 unspecified atom stereocenters. The number of rotatable bonds is 5. The van der Waals surface area contributed by atoms with Crippen LogP contribution in [-0.2, 0) is 29.9 Å². The Morgan fingerprint density at radius 2 is 2.06 bits per heavy atom. The summed E-state index contributed by atoms with van der Waals surface area (Å²) in [6, 6.07) is 0. The molecule has 0 aromatic carbocycles. The molecule has 0 spiro atoms. The summed E-state index contributed by atoms with van der Waals surface area (Å²) in [5.74, 6) is 0. The maximum atomic E-state index is 10.5. The minimum Gasteiger partial charge on any atom is -0.388 e. The molecule has 0 aliphatic carbocycles. The zero-order valence-electron chi connectivity index (χ0n) is 8.32. The SMILES string of the molecule is O=P(O)(O)OP(=S)(S)OC[C@H]1OCC(O)[C@H]1O. The predicted molar refractivity (Wildman–Crippen MR) is 64.1 cm³/mol. The third kappa shape index (κ3) is 5.63. The Bertz CT molecular complexity index is 358. The van der Waals surface area contributed by atoms with Gasteiger partial charge < -0.3 is 29.3 Å². The van der Waals surface area contributed by atoms with Gasteiger partial charge in [0.2, 0.25) is 0 Å². The second-order valence-electron chi connectivity index (χ2n) is 3.27. The second kappa shape index (κ2) is 5.94. The standard InChI is InChI=1S/C5H12O8P2S2/c6-3-1-11-4(5(3)7)2-12-15(16,17)13-14(8,9)10/h3-7H,1-2H2,(H,16,17)(H2,8,9,10)/t3?,4-,5-/m1/s1. The molecule has 0 aromatic heterocycles. The van der Waals surface area contributed by atoms with Crippen molar-refractivity contribution in [3.05, 3.63) is 0 Å². The van der Waals surface area contributed by atoms with E-state index in [0.29, 0.717) is 0 Å². The third-order valence-corrected chi connectivity index (χ3v) is 5.94. The number of ether oxygens (including phenoxy) is 1. The van der Waals surface area contributed by atoms with E-state index in [1.54, 1.807) is 0 Å².